The molecule has 0 radical (unpaired) electrons. The van der Waals surface area contributed by atoms with E-state index in [-0.39, 0.29) is 12.0 Å². The van der Waals surface area contributed by atoms with Crippen LogP contribution in [-0.4, -0.2) is 42.4 Å². The van der Waals surface area contributed by atoms with Crippen molar-refractivity contribution >= 4 is 5.95 Å². The largest absolute Gasteiger partial charge is 0.481 e. The molecule has 0 unspecified atom stereocenters. The van der Waals surface area contributed by atoms with Crippen molar-refractivity contribution in [3.05, 3.63) is 6.07 Å². The number of ether oxygens (including phenoxy) is 2. The number of anilines is 1. The van der Waals surface area contributed by atoms with Crippen molar-refractivity contribution in [3.8, 4) is 11.8 Å². The van der Waals surface area contributed by atoms with Crippen molar-refractivity contribution in [3.63, 3.8) is 0 Å². The highest BCUT2D eigenvalue weighted by molar-refractivity contribution is 5.34. The number of aliphatic hydroxyl groups excluding tert-OH is 1. The summed E-state index contributed by atoms with van der Waals surface area (Å²) in [7, 11) is 3.09. The minimum Gasteiger partial charge on any atom is -0.481 e. The van der Waals surface area contributed by atoms with E-state index in [1.165, 1.54) is 0 Å². The summed E-state index contributed by atoms with van der Waals surface area (Å²) in [6.45, 7) is 0.862. The number of nitrogens with zero attached hydrogens (tertiary/aromatic N) is 2. The third-order valence-corrected chi connectivity index (χ3v) is 3.01. The van der Waals surface area contributed by atoms with Crippen molar-refractivity contribution in [2.75, 3.05) is 32.7 Å². The molecule has 1 heterocycles. The second-order valence-electron chi connectivity index (χ2n) is 4.29. The topological polar surface area (TPSA) is 76.5 Å². The number of aromatic nitrogens is 2. The lowest BCUT2D eigenvalue weighted by Crippen LogP contribution is -2.20. The van der Waals surface area contributed by atoms with E-state index in [0.29, 0.717) is 24.3 Å². The van der Waals surface area contributed by atoms with Gasteiger partial charge in [-0.25, -0.2) is 0 Å². The standard InChI is InChI=1S/C11H17N3O3/c1-16-8-5-9(17-2)14-10(13-8)12-6-11(7-15)3-4-11/h5,15H,3-4,6-7H2,1-2H3,(H,12,13,14). The molecule has 6 heteroatoms. The van der Waals surface area contributed by atoms with Crippen LogP contribution < -0.4 is 14.8 Å². The first-order valence-corrected chi connectivity index (χ1v) is 5.53. The first-order chi connectivity index (χ1) is 8.21. The van der Waals surface area contributed by atoms with Crippen molar-refractivity contribution in [2.45, 2.75) is 12.8 Å². The molecule has 2 N–H and O–H groups in total. The molecule has 0 amide bonds. The molecule has 94 valence electrons. The molecule has 0 aromatic carbocycles. The molecule has 1 aromatic rings. The Hall–Kier alpha value is -1.56. The molecule has 0 saturated heterocycles. The maximum Gasteiger partial charge on any atom is 0.229 e. The Morgan fingerprint density at radius 2 is 1.88 bits per heavy atom. The monoisotopic (exact) mass is 239 g/mol. The number of methoxy groups -OCH3 is 2. The van der Waals surface area contributed by atoms with Gasteiger partial charge >= 0.3 is 0 Å². The zero-order valence-electron chi connectivity index (χ0n) is 10.1. The van der Waals surface area contributed by atoms with Crippen LogP contribution in [-0.2, 0) is 0 Å². The minimum absolute atomic E-state index is 0.0136. The summed E-state index contributed by atoms with van der Waals surface area (Å²) in [5, 5.41) is 12.3. The minimum atomic E-state index is 0.0136. The Morgan fingerprint density at radius 1 is 1.29 bits per heavy atom. The highest BCUT2D eigenvalue weighted by Gasteiger charge is 2.41. The number of aliphatic hydroxyl groups is 1. The number of rotatable bonds is 6. The molecule has 1 aliphatic rings. The molecule has 0 atom stereocenters. The van der Waals surface area contributed by atoms with Gasteiger partial charge in [0.2, 0.25) is 17.7 Å². The van der Waals surface area contributed by atoms with E-state index in [1.54, 1.807) is 20.3 Å². The Balaban J connectivity index is 2.04. The first-order valence-electron chi connectivity index (χ1n) is 5.53. The average molecular weight is 239 g/mol. The molecular formula is C11H17N3O3. The van der Waals surface area contributed by atoms with E-state index in [2.05, 4.69) is 15.3 Å². The van der Waals surface area contributed by atoms with Gasteiger partial charge in [0, 0.05) is 12.0 Å². The lowest BCUT2D eigenvalue weighted by Gasteiger charge is -2.13. The second-order valence-corrected chi connectivity index (χ2v) is 4.29. The van der Waals surface area contributed by atoms with Gasteiger partial charge in [-0.3, -0.25) is 0 Å². The molecule has 0 bridgehead atoms. The van der Waals surface area contributed by atoms with Gasteiger partial charge in [0.05, 0.1) is 26.9 Å². The summed E-state index contributed by atoms with van der Waals surface area (Å²) >= 11 is 0. The van der Waals surface area contributed by atoms with E-state index in [1.807, 2.05) is 0 Å². The summed E-state index contributed by atoms with van der Waals surface area (Å²) in [5.41, 5.74) is 0.0136. The van der Waals surface area contributed by atoms with Crippen molar-refractivity contribution in [2.24, 2.45) is 5.41 Å². The van der Waals surface area contributed by atoms with Gasteiger partial charge in [-0.05, 0) is 12.8 Å². The fourth-order valence-corrected chi connectivity index (χ4v) is 1.53. The second kappa shape index (κ2) is 4.75. The average Bonchev–Trinajstić information content (AvgIpc) is 3.16. The molecule has 1 aromatic heterocycles. The molecule has 0 spiro atoms. The van der Waals surface area contributed by atoms with E-state index >= 15 is 0 Å². The Kier molecular flexibility index (Phi) is 3.33. The first kappa shape index (κ1) is 11.9. The summed E-state index contributed by atoms with van der Waals surface area (Å²) in [6, 6.07) is 1.62. The fraction of sp³-hybridized carbons (Fsp3) is 0.636. The van der Waals surface area contributed by atoms with E-state index in [9.17, 15) is 5.11 Å². The predicted molar refractivity (Wildman–Crippen MR) is 62.4 cm³/mol. The lowest BCUT2D eigenvalue weighted by atomic mass is 10.1. The Bertz CT molecular complexity index is 371. The van der Waals surface area contributed by atoms with Gasteiger partial charge in [0.15, 0.2) is 0 Å². The van der Waals surface area contributed by atoms with Crippen LogP contribution in [0.25, 0.3) is 0 Å². The maximum atomic E-state index is 9.21. The van der Waals surface area contributed by atoms with Crippen LogP contribution in [0.15, 0.2) is 6.07 Å². The van der Waals surface area contributed by atoms with Crippen LogP contribution in [0.3, 0.4) is 0 Å². The van der Waals surface area contributed by atoms with Crippen LogP contribution in [0, 0.1) is 5.41 Å². The number of hydrogen-bond donors (Lipinski definition) is 2. The molecule has 1 saturated carbocycles. The number of hydrogen-bond acceptors (Lipinski definition) is 6. The lowest BCUT2D eigenvalue weighted by molar-refractivity contribution is 0.219. The molecule has 0 aliphatic heterocycles. The summed E-state index contributed by atoms with van der Waals surface area (Å²) in [6.07, 6.45) is 2.08. The summed E-state index contributed by atoms with van der Waals surface area (Å²) < 4.78 is 10.1. The molecule has 17 heavy (non-hydrogen) atoms. The van der Waals surface area contributed by atoms with E-state index in [4.69, 9.17) is 9.47 Å². The third kappa shape index (κ3) is 2.76. The third-order valence-electron chi connectivity index (χ3n) is 3.01. The van der Waals surface area contributed by atoms with Crippen molar-refractivity contribution < 1.29 is 14.6 Å². The van der Waals surface area contributed by atoms with Crippen LogP contribution in [0.1, 0.15) is 12.8 Å². The molecule has 1 aliphatic carbocycles. The van der Waals surface area contributed by atoms with Gasteiger partial charge in [-0.1, -0.05) is 0 Å². The van der Waals surface area contributed by atoms with Gasteiger partial charge in [-0.15, -0.1) is 0 Å². The van der Waals surface area contributed by atoms with E-state index in [0.717, 1.165) is 12.8 Å². The van der Waals surface area contributed by atoms with Gasteiger partial charge in [0.25, 0.3) is 0 Å². The van der Waals surface area contributed by atoms with Crippen molar-refractivity contribution in [1.82, 2.24) is 9.97 Å². The zero-order chi connectivity index (χ0) is 12.3. The Morgan fingerprint density at radius 3 is 2.29 bits per heavy atom. The molecular weight excluding hydrogens is 222 g/mol. The quantitative estimate of drug-likeness (QED) is 0.760. The summed E-state index contributed by atoms with van der Waals surface area (Å²) in [5.74, 6) is 1.36. The van der Waals surface area contributed by atoms with Crippen LogP contribution in [0.4, 0.5) is 5.95 Å². The smallest absolute Gasteiger partial charge is 0.229 e. The van der Waals surface area contributed by atoms with Gasteiger partial charge in [-0.2, -0.15) is 9.97 Å². The van der Waals surface area contributed by atoms with Gasteiger partial charge < -0.3 is 19.9 Å². The molecule has 2 rings (SSSR count). The maximum absolute atomic E-state index is 9.21. The van der Waals surface area contributed by atoms with Gasteiger partial charge in [0.1, 0.15) is 0 Å². The van der Waals surface area contributed by atoms with Crippen LogP contribution in [0.5, 0.6) is 11.8 Å². The fourth-order valence-electron chi connectivity index (χ4n) is 1.53. The highest BCUT2D eigenvalue weighted by Crippen LogP contribution is 2.44. The highest BCUT2D eigenvalue weighted by atomic mass is 16.5. The number of nitrogens with one attached hydrogen (secondary N) is 1. The molecule has 1 fully saturated rings. The predicted octanol–water partition coefficient (Wildman–Crippen LogP) is 0.678. The van der Waals surface area contributed by atoms with Crippen LogP contribution >= 0.6 is 0 Å². The van der Waals surface area contributed by atoms with Crippen LogP contribution in [0.2, 0.25) is 0 Å². The normalized spacial score (nSPS) is 16.4. The molecule has 6 nitrogen and oxygen atoms in total. The SMILES string of the molecule is COc1cc(OC)nc(NCC2(CO)CC2)n1. The van der Waals surface area contributed by atoms with E-state index < -0.39 is 0 Å². The Labute approximate surface area is 100.0 Å². The zero-order valence-corrected chi connectivity index (χ0v) is 10.1. The van der Waals surface area contributed by atoms with Crippen molar-refractivity contribution in [1.29, 1.82) is 0 Å². The summed E-state index contributed by atoms with van der Waals surface area (Å²) in [4.78, 5) is 8.32.